The molecule has 0 aliphatic carbocycles. The lowest BCUT2D eigenvalue weighted by Crippen LogP contribution is -2.12. The molecule has 0 radical (unpaired) electrons. The Kier molecular flexibility index (Phi) is 4.24. The molecule has 0 unspecified atom stereocenters. The topological polar surface area (TPSA) is 49.3 Å². The molecule has 2 N–H and O–H groups in total. The van der Waals surface area contributed by atoms with Crippen LogP contribution in [0.4, 0.5) is 18.9 Å². The van der Waals surface area contributed by atoms with Crippen LogP contribution < -0.4 is 5.32 Å². The number of alkyl halides is 3. The third kappa shape index (κ3) is 3.66. The van der Waals surface area contributed by atoms with E-state index in [1.165, 1.54) is 0 Å². The summed E-state index contributed by atoms with van der Waals surface area (Å²) < 4.78 is 37.3. The number of carbonyl (C=O) groups is 1. The van der Waals surface area contributed by atoms with Crippen LogP contribution in [0.2, 0.25) is 5.02 Å². The van der Waals surface area contributed by atoms with Crippen molar-refractivity contribution in [1.82, 2.24) is 0 Å². The van der Waals surface area contributed by atoms with Crippen LogP contribution in [0, 0.1) is 0 Å². The Morgan fingerprint density at radius 3 is 2.56 bits per heavy atom. The van der Waals surface area contributed by atoms with Crippen molar-refractivity contribution in [3.05, 3.63) is 40.9 Å². The van der Waals surface area contributed by atoms with Gasteiger partial charge in [0.15, 0.2) is 0 Å². The molecule has 0 saturated carbocycles. The summed E-state index contributed by atoms with van der Waals surface area (Å²) in [5, 5.41) is 11.1. The van der Waals surface area contributed by atoms with Crippen LogP contribution in [0.15, 0.2) is 30.4 Å². The Morgan fingerprint density at radius 1 is 1.44 bits per heavy atom. The Balaban J connectivity index is 2.89. The molecule has 1 aromatic rings. The van der Waals surface area contributed by atoms with Gasteiger partial charge in [-0.3, -0.25) is 0 Å². The van der Waals surface area contributed by atoms with Gasteiger partial charge in [-0.1, -0.05) is 18.2 Å². The van der Waals surface area contributed by atoms with Gasteiger partial charge in [0.05, 0.1) is 16.3 Å². The van der Waals surface area contributed by atoms with E-state index in [1.54, 1.807) is 0 Å². The Morgan fingerprint density at radius 2 is 2.06 bits per heavy atom. The highest BCUT2D eigenvalue weighted by Gasteiger charge is 2.30. The zero-order valence-electron chi connectivity index (χ0n) is 9.01. The molecule has 18 heavy (non-hydrogen) atoms. The van der Waals surface area contributed by atoms with Crippen LogP contribution in [0.5, 0.6) is 0 Å². The Bertz CT molecular complexity index is 486. The van der Waals surface area contributed by atoms with Gasteiger partial charge in [-0.05, 0) is 18.2 Å². The Labute approximate surface area is 106 Å². The average molecular weight is 280 g/mol. The summed E-state index contributed by atoms with van der Waals surface area (Å²) in [5.41, 5.74) is -1.03. The van der Waals surface area contributed by atoms with Crippen LogP contribution in [-0.2, 0) is 11.0 Å². The lowest BCUT2D eigenvalue weighted by Gasteiger charge is -2.12. The van der Waals surface area contributed by atoms with E-state index in [4.69, 9.17) is 16.7 Å². The average Bonchev–Trinajstić information content (AvgIpc) is 2.25. The number of rotatable bonds is 4. The highest BCUT2D eigenvalue weighted by molar-refractivity contribution is 6.33. The maximum atomic E-state index is 12.4. The van der Waals surface area contributed by atoms with Gasteiger partial charge in [-0.2, -0.15) is 13.2 Å². The molecule has 1 rings (SSSR count). The lowest BCUT2D eigenvalue weighted by molar-refractivity contribution is -0.137. The SMILES string of the molecule is C=C(CNc1cc(C(F)(F)F)ccc1Cl)C(=O)O. The van der Waals surface area contributed by atoms with Crippen molar-refractivity contribution < 1.29 is 23.1 Å². The molecule has 0 aliphatic heterocycles. The van der Waals surface area contributed by atoms with Crippen LogP contribution in [0.1, 0.15) is 5.56 Å². The predicted octanol–water partition coefficient (Wildman–Crippen LogP) is 3.41. The monoisotopic (exact) mass is 279 g/mol. The van der Waals surface area contributed by atoms with Crippen molar-refractivity contribution in [3.63, 3.8) is 0 Å². The molecule has 0 bridgehead atoms. The van der Waals surface area contributed by atoms with E-state index in [1.807, 2.05) is 0 Å². The zero-order chi connectivity index (χ0) is 13.9. The van der Waals surface area contributed by atoms with Gasteiger partial charge in [0.2, 0.25) is 0 Å². The normalized spacial score (nSPS) is 11.1. The van der Waals surface area contributed by atoms with E-state index >= 15 is 0 Å². The minimum atomic E-state index is -4.48. The van der Waals surface area contributed by atoms with Crippen LogP contribution in [0.25, 0.3) is 0 Å². The number of benzene rings is 1. The van der Waals surface area contributed by atoms with Gasteiger partial charge >= 0.3 is 12.1 Å². The summed E-state index contributed by atoms with van der Waals surface area (Å²) in [7, 11) is 0. The third-order valence-electron chi connectivity index (χ3n) is 2.09. The van der Waals surface area contributed by atoms with Crippen molar-refractivity contribution in [3.8, 4) is 0 Å². The van der Waals surface area contributed by atoms with E-state index in [-0.39, 0.29) is 22.8 Å². The number of aliphatic carboxylic acids is 1. The molecule has 0 atom stereocenters. The van der Waals surface area contributed by atoms with Crippen LogP contribution in [-0.4, -0.2) is 17.6 Å². The van der Waals surface area contributed by atoms with E-state index < -0.39 is 17.7 Å². The van der Waals surface area contributed by atoms with E-state index in [0.29, 0.717) is 0 Å². The van der Waals surface area contributed by atoms with E-state index in [9.17, 15) is 18.0 Å². The maximum absolute atomic E-state index is 12.4. The van der Waals surface area contributed by atoms with Gasteiger partial charge < -0.3 is 10.4 Å². The molecule has 0 aliphatic rings. The molecule has 1 aromatic carbocycles. The number of hydrogen-bond acceptors (Lipinski definition) is 2. The minimum absolute atomic E-state index is 0.00823. The number of nitrogens with one attached hydrogen (secondary N) is 1. The highest BCUT2D eigenvalue weighted by Crippen LogP contribution is 2.33. The summed E-state index contributed by atoms with van der Waals surface area (Å²) in [4.78, 5) is 10.5. The summed E-state index contributed by atoms with van der Waals surface area (Å²) in [6, 6.07) is 2.76. The number of anilines is 1. The van der Waals surface area contributed by atoms with Crippen molar-refractivity contribution >= 4 is 23.3 Å². The first-order chi connectivity index (χ1) is 8.21. The van der Waals surface area contributed by atoms with Crippen molar-refractivity contribution in [1.29, 1.82) is 0 Å². The standard InChI is InChI=1S/C11H9ClF3NO2/c1-6(10(17)18)5-16-9-4-7(11(13,14)15)2-3-8(9)12/h2-4,16H,1,5H2,(H,17,18). The van der Waals surface area contributed by atoms with E-state index in [0.717, 1.165) is 18.2 Å². The number of hydrogen-bond donors (Lipinski definition) is 2. The summed E-state index contributed by atoms with van der Waals surface area (Å²) in [5.74, 6) is -1.23. The first-order valence-electron chi connectivity index (χ1n) is 4.73. The fourth-order valence-electron chi connectivity index (χ4n) is 1.11. The van der Waals surface area contributed by atoms with Crippen LogP contribution >= 0.6 is 11.6 Å². The summed E-state index contributed by atoms with van der Waals surface area (Å²) >= 11 is 5.70. The number of carboxylic acids is 1. The van der Waals surface area contributed by atoms with Gasteiger partial charge in [-0.15, -0.1) is 0 Å². The minimum Gasteiger partial charge on any atom is -0.478 e. The first kappa shape index (κ1) is 14.4. The molecule has 0 saturated heterocycles. The quantitative estimate of drug-likeness (QED) is 0.831. The van der Waals surface area contributed by atoms with Gasteiger partial charge in [0, 0.05) is 12.1 Å². The molecule has 0 fully saturated rings. The van der Waals surface area contributed by atoms with Crippen molar-refractivity contribution in [2.45, 2.75) is 6.18 Å². The van der Waals surface area contributed by atoms with E-state index in [2.05, 4.69) is 11.9 Å². The molecular weight excluding hydrogens is 271 g/mol. The fraction of sp³-hybridized carbons (Fsp3) is 0.182. The predicted molar refractivity (Wildman–Crippen MR) is 61.7 cm³/mol. The molecule has 0 spiro atoms. The van der Waals surface area contributed by atoms with Crippen molar-refractivity contribution in [2.24, 2.45) is 0 Å². The number of carboxylic acid groups (broad SMARTS) is 1. The second-order valence-corrected chi connectivity index (χ2v) is 3.86. The van der Waals surface area contributed by atoms with Gasteiger partial charge in [-0.25, -0.2) is 4.79 Å². The van der Waals surface area contributed by atoms with Crippen LogP contribution in [0.3, 0.4) is 0 Å². The summed E-state index contributed by atoms with van der Waals surface area (Å²) in [6.07, 6.45) is -4.48. The van der Waals surface area contributed by atoms with Gasteiger partial charge in [0.1, 0.15) is 0 Å². The molecule has 98 valence electrons. The second kappa shape index (κ2) is 5.30. The molecule has 0 heterocycles. The molecular formula is C11H9ClF3NO2. The second-order valence-electron chi connectivity index (χ2n) is 3.45. The lowest BCUT2D eigenvalue weighted by atomic mass is 10.2. The van der Waals surface area contributed by atoms with Crippen molar-refractivity contribution in [2.75, 3.05) is 11.9 Å². The molecule has 0 aromatic heterocycles. The zero-order valence-corrected chi connectivity index (χ0v) is 9.77. The first-order valence-corrected chi connectivity index (χ1v) is 5.11. The summed E-state index contributed by atoms with van der Waals surface area (Å²) in [6.45, 7) is 3.04. The number of halogens is 4. The molecule has 3 nitrogen and oxygen atoms in total. The van der Waals surface area contributed by atoms with Gasteiger partial charge in [0.25, 0.3) is 0 Å². The molecule has 7 heteroatoms. The fourth-order valence-corrected chi connectivity index (χ4v) is 1.30. The smallest absolute Gasteiger partial charge is 0.416 e. The largest absolute Gasteiger partial charge is 0.478 e. The third-order valence-corrected chi connectivity index (χ3v) is 2.42. The molecule has 0 amide bonds. The maximum Gasteiger partial charge on any atom is 0.416 e. The highest BCUT2D eigenvalue weighted by atomic mass is 35.5. The Hall–Kier alpha value is -1.69.